The maximum absolute atomic E-state index is 12.7. The highest BCUT2D eigenvalue weighted by molar-refractivity contribution is 6.10. The van der Waals surface area contributed by atoms with Crippen LogP contribution in [0.1, 0.15) is 26.3 Å². The molecule has 0 bridgehead atoms. The van der Waals surface area contributed by atoms with Crippen molar-refractivity contribution in [2.24, 2.45) is 0 Å². The predicted molar refractivity (Wildman–Crippen MR) is 104 cm³/mol. The zero-order chi connectivity index (χ0) is 21.4. The van der Waals surface area contributed by atoms with Crippen LogP contribution in [-0.2, 0) is 0 Å². The molecule has 0 atom stereocenters. The molecule has 0 unspecified atom stereocenters. The first-order valence-corrected chi connectivity index (χ1v) is 8.55. The van der Waals surface area contributed by atoms with Gasteiger partial charge in [-0.3, -0.25) is 14.9 Å². The monoisotopic (exact) mass is 404 g/mol. The van der Waals surface area contributed by atoms with Gasteiger partial charge in [-0.15, -0.1) is 0 Å². The van der Waals surface area contributed by atoms with Crippen molar-refractivity contribution in [2.45, 2.75) is 0 Å². The van der Waals surface area contributed by atoms with Crippen LogP contribution in [0, 0.1) is 10.1 Å². The van der Waals surface area contributed by atoms with E-state index in [1.54, 1.807) is 18.2 Å². The van der Waals surface area contributed by atoms with E-state index in [2.05, 4.69) is 10.1 Å². The van der Waals surface area contributed by atoms with Gasteiger partial charge in [-0.25, -0.2) is 14.3 Å². The second-order valence-electron chi connectivity index (χ2n) is 6.35. The van der Waals surface area contributed by atoms with Crippen LogP contribution in [0.25, 0.3) is 16.9 Å². The summed E-state index contributed by atoms with van der Waals surface area (Å²) in [5, 5.41) is 34.2. The number of nitro benzene ring substituents is 1. The van der Waals surface area contributed by atoms with E-state index in [1.807, 2.05) is 0 Å². The number of carbonyl (C=O) groups excluding carboxylic acids is 1. The van der Waals surface area contributed by atoms with Crippen LogP contribution >= 0.6 is 0 Å². The van der Waals surface area contributed by atoms with Crippen LogP contribution in [0.3, 0.4) is 0 Å². The van der Waals surface area contributed by atoms with Gasteiger partial charge in [0, 0.05) is 36.2 Å². The molecule has 2 aromatic heterocycles. The van der Waals surface area contributed by atoms with E-state index in [9.17, 15) is 24.8 Å². The van der Waals surface area contributed by atoms with Crippen molar-refractivity contribution in [3.05, 3.63) is 87.7 Å². The summed E-state index contributed by atoms with van der Waals surface area (Å²) >= 11 is 0. The van der Waals surface area contributed by atoms with Gasteiger partial charge in [0.25, 0.3) is 5.69 Å². The lowest BCUT2D eigenvalue weighted by Gasteiger charge is -2.04. The maximum Gasteiger partial charge on any atom is 0.335 e. The number of non-ortho nitro benzene ring substituents is 1. The second-order valence-corrected chi connectivity index (χ2v) is 6.35. The number of benzene rings is 2. The molecule has 0 spiro atoms. The van der Waals surface area contributed by atoms with E-state index in [0.717, 1.165) is 18.2 Å². The van der Waals surface area contributed by atoms with Crippen LogP contribution < -0.4 is 0 Å². The molecule has 148 valence electrons. The third-order valence-electron chi connectivity index (χ3n) is 4.44. The number of hydrogen-bond acceptors (Lipinski definition) is 7. The van der Waals surface area contributed by atoms with Gasteiger partial charge in [-0.1, -0.05) is 12.1 Å². The fourth-order valence-corrected chi connectivity index (χ4v) is 2.89. The van der Waals surface area contributed by atoms with Crippen molar-refractivity contribution < 1.29 is 24.7 Å². The van der Waals surface area contributed by atoms with Crippen molar-refractivity contribution in [3.8, 4) is 17.0 Å². The minimum Gasteiger partial charge on any atom is -0.507 e. The first-order valence-electron chi connectivity index (χ1n) is 8.55. The van der Waals surface area contributed by atoms with E-state index < -0.39 is 16.7 Å². The van der Waals surface area contributed by atoms with Crippen LogP contribution in [0.5, 0.6) is 5.75 Å². The number of phenols is 1. The van der Waals surface area contributed by atoms with E-state index >= 15 is 0 Å². The van der Waals surface area contributed by atoms with Gasteiger partial charge in [-0.2, -0.15) is 5.10 Å². The van der Waals surface area contributed by atoms with Crippen LogP contribution in [-0.4, -0.2) is 41.5 Å². The van der Waals surface area contributed by atoms with Crippen LogP contribution in [0.15, 0.2) is 60.9 Å². The Morgan fingerprint density at radius 1 is 1.03 bits per heavy atom. The quantitative estimate of drug-likeness (QED) is 0.293. The number of nitro groups is 1. The average molecular weight is 404 g/mol. The summed E-state index contributed by atoms with van der Waals surface area (Å²) in [6.45, 7) is 0. The maximum atomic E-state index is 12.7. The summed E-state index contributed by atoms with van der Waals surface area (Å²) in [4.78, 5) is 38.2. The molecule has 10 nitrogen and oxygen atoms in total. The number of rotatable bonds is 5. The van der Waals surface area contributed by atoms with E-state index in [0.29, 0.717) is 16.9 Å². The lowest BCUT2D eigenvalue weighted by atomic mass is 10.0. The third kappa shape index (κ3) is 3.33. The molecule has 4 rings (SSSR count). The molecule has 0 aliphatic heterocycles. The fourth-order valence-electron chi connectivity index (χ4n) is 2.89. The molecule has 4 aromatic rings. The second kappa shape index (κ2) is 7.09. The lowest BCUT2D eigenvalue weighted by Crippen LogP contribution is -2.05. The summed E-state index contributed by atoms with van der Waals surface area (Å²) in [7, 11) is 0. The summed E-state index contributed by atoms with van der Waals surface area (Å²) in [5.74, 6) is -2.07. The number of aromatic nitrogens is 3. The minimum absolute atomic E-state index is 0.0779. The first kappa shape index (κ1) is 18.7. The van der Waals surface area contributed by atoms with Gasteiger partial charge < -0.3 is 10.2 Å². The van der Waals surface area contributed by atoms with Crippen molar-refractivity contribution in [1.82, 2.24) is 14.6 Å². The van der Waals surface area contributed by atoms with Gasteiger partial charge in [0.1, 0.15) is 5.75 Å². The van der Waals surface area contributed by atoms with Crippen molar-refractivity contribution >= 4 is 23.1 Å². The Hall–Kier alpha value is -4.60. The Morgan fingerprint density at radius 3 is 2.43 bits per heavy atom. The number of nitrogens with zero attached hydrogens (tertiary/aromatic N) is 4. The number of hydrogen-bond donors (Lipinski definition) is 2. The third-order valence-corrected chi connectivity index (χ3v) is 4.44. The number of carboxylic acid groups (broad SMARTS) is 1. The average Bonchev–Trinajstić information content (AvgIpc) is 3.17. The molecular formula is C20H12N4O6. The number of ketones is 1. The molecular weight excluding hydrogens is 392 g/mol. The van der Waals surface area contributed by atoms with Crippen LogP contribution in [0.4, 0.5) is 5.69 Å². The smallest absolute Gasteiger partial charge is 0.335 e. The molecule has 2 N–H and O–H groups in total. The van der Waals surface area contributed by atoms with E-state index in [1.165, 1.54) is 29.0 Å². The molecule has 0 aliphatic carbocycles. The Bertz CT molecular complexity index is 1330. The highest BCUT2D eigenvalue weighted by Crippen LogP contribution is 2.26. The van der Waals surface area contributed by atoms with Crippen LogP contribution in [0.2, 0.25) is 0 Å². The molecule has 0 saturated heterocycles. The number of phenolic OH excluding ortho intramolecular Hbond substituents is 1. The van der Waals surface area contributed by atoms with Gasteiger partial charge in [0.05, 0.1) is 27.3 Å². The summed E-state index contributed by atoms with van der Waals surface area (Å²) in [6.07, 6.45) is 2.69. The highest BCUT2D eigenvalue weighted by Gasteiger charge is 2.19. The zero-order valence-electron chi connectivity index (χ0n) is 15.1. The zero-order valence-corrected chi connectivity index (χ0v) is 15.1. The van der Waals surface area contributed by atoms with Crippen molar-refractivity contribution in [1.29, 1.82) is 0 Å². The first-order chi connectivity index (χ1) is 14.3. The molecule has 0 saturated carbocycles. The molecule has 0 radical (unpaired) electrons. The summed E-state index contributed by atoms with van der Waals surface area (Å²) in [5.41, 5.74) is 1.29. The number of aromatic carboxylic acids is 1. The Kier molecular flexibility index (Phi) is 4.43. The molecule has 0 fully saturated rings. The fraction of sp³-hybridized carbons (Fsp3) is 0. The SMILES string of the molecule is O=C(O)c1ccc(-c2cc3ncc(C(=O)c4cc([N+](=O)[O-])ccc4O)cn3n2)cc1. The van der Waals surface area contributed by atoms with Gasteiger partial charge in [-0.05, 0) is 18.2 Å². The number of carbonyl (C=O) groups is 2. The molecule has 0 amide bonds. The number of carboxylic acids is 1. The predicted octanol–water partition coefficient (Wildman–Crippen LogP) is 2.94. The van der Waals surface area contributed by atoms with E-state index in [4.69, 9.17) is 5.11 Å². The Balaban J connectivity index is 1.70. The van der Waals surface area contributed by atoms with Gasteiger partial charge in [0.2, 0.25) is 0 Å². The Labute approximate surface area is 167 Å². The van der Waals surface area contributed by atoms with Gasteiger partial charge in [0.15, 0.2) is 11.4 Å². The Morgan fingerprint density at radius 2 is 1.77 bits per heavy atom. The van der Waals surface area contributed by atoms with Gasteiger partial charge >= 0.3 is 5.97 Å². The topological polar surface area (TPSA) is 148 Å². The standard InChI is InChI=1S/C20H12N4O6/c25-17-6-5-14(24(29)30)7-15(17)19(26)13-9-21-18-8-16(22-23(18)10-13)11-1-3-12(4-2-11)20(27)28/h1-10,25H,(H,27,28). The number of aromatic hydroxyl groups is 1. The molecule has 2 heterocycles. The molecule has 0 aliphatic rings. The highest BCUT2D eigenvalue weighted by atomic mass is 16.6. The largest absolute Gasteiger partial charge is 0.507 e. The normalized spacial score (nSPS) is 10.8. The van der Waals surface area contributed by atoms with Crippen molar-refractivity contribution in [2.75, 3.05) is 0 Å². The minimum atomic E-state index is -1.04. The summed E-state index contributed by atoms with van der Waals surface area (Å²) < 4.78 is 1.36. The summed E-state index contributed by atoms with van der Waals surface area (Å²) in [6, 6.07) is 11.0. The molecule has 30 heavy (non-hydrogen) atoms. The molecule has 10 heteroatoms. The van der Waals surface area contributed by atoms with E-state index in [-0.39, 0.29) is 28.1 Å². The molecule has 2 aromatic carbocycles. The lowest BCUT2D eigenvalue weighted by molar-refractivity contribution is -0.384. The van der Waals surface area contributed by atoms with Crippen molar-refractivity contribution in [3.63, 3.8) is 0 Å². The number of fused-ring (bicyclic) bond motifs is 1.